The van der Waals surface area contributed by atoms with E-state index in [-0.39, 0.29) is 11.7 Å². The number of benzene rings is 5. The van der Waals surface area contributed by atoms with Crippen LogP contribution >= 0.6 is 18.9 Å². The third kappa shape index (κ3) is 5.04. The highest BCUT2D eigenvalue weighted by Gasteiger charge is 2.52. The standard InChI is InChI=1S/C33H24ClFNOP/c34-31(25-21-23-27(35)24-22-25)33(36-32(37)26-13-5-1-6-14-26)38(28-15-7-2-8-16-28,29-17-9-3-10-18-29)30-19-11-4-12-20-30/h1-24H/p+1. The van der Waals surface area contributed by atoms with E-state index in [4.69, 9.17) is 11.6 Å². The van der Waals surface area contributed by atoms with Crippen LogP contribution in [0.25, 0.3) is 5.03 Å². The van der Waals surface area contributed by atoms with Crippen LogP contribution in [0.2, 0.25) is 0 Å². The molecule has 0 saturated carbocycles. The van der Waals surface area contributed by atoms with Gasteiger partial charge in [0, 0.05) is 5.56 Å². The number of amides is 1. The summed E-state index contributed by atoms with van der Waals surface area (Å²) >= 11 is 7.26. The third-order valence-corrected chi connectivity index (χ3v) is 11.1. The van der Waals surface area contributed by atoms with Crippen molar-refractivity contribution in [1.82, 2.24) is 5.32 Å². The molecule has 0 aliphatic heterocycles. The Morgan fingerprint density at radius 3 is 1.37 bits per heavy atom. The Kier molecular flexibility index (Phi) is 7.79. The highest BCUT2D eigenvalue weighted by Crippen LogP contribution is 2.63. The first-order chi connectivity index (χ1) is 18.6. The zero-order valence-electron chi connectivity index (χ0n) is 20.5. The van der Waals surface area contributed by atoms with Crippen molar-refractivity contribution in [3.63, 3.8) is 0 Å². The average molecular weight is 537 g/mol. The van der Waals surface area contributed by atoms with E-state index >= 15 is 0 Å². The van der Waals surface area contributed by atoms with Crippen LogP contribution < -0.4 is 21.2 Å². The van der Waals surface area contributed by atoms with Gasteiger partial charge in [0.15, 0.2) is 12.7 Å². The summed E-state index contributed by atoms with van der Waals surface area (Å²) in [5.74, 6) is -0.628. The molecular weight excluding hydrogens is 512 g/mol. The van der Waals surface area contributed by atoms with E-state index < -0.39 is 7.26 Å². The molecule has 0 unspecified atom stereocenters. The minimum atomic E-state index is -2.75. The summed E-state index contributed by atoms with van der Waals surface area (Å²) in [6, 6.07) is 45.5. The molecule has 1 amide bonds. The van der Waals surface area contributed by atoms with Gasteiger partial charge in [0.25, 0.3) is 5.91 Å². The van der Waals surface area contributed by atoms with Crippen LogP contribution in [0.5, 0.6) is 0 Å². The minimum absolute atomic E-state index is 0.270. The second-order valence-electron chi connectivity index (χ2n) is 8.67. The largest absolute Gasteiger partial charge is 0.291 e. The lowest BCUT2D eigenvalue weighted by atomic mass is 10.2. The number of nitrogens with one attached hydrogen (secondary N) is 1. The second kappa shape index (κ2) is 11.6. The SMILES string of the molecule is O=C(NC(=C(Cl)c1ccc(F)cc1)[P+](c1ccccc1)(c1ccccc1)c1ccccc1)c1ccccc1. The van der Waals surface area contributed by atoms with Crippen molar-refractivity contribution in [3.05, 3.63) is 168 Å². The molecule has 186 valence electrons. The molecular formula is C33H25ClFNOP+. The molecule has 0 aliphatic carbocycles. The van der Waals surface area contributed by atoms with E-state index in [9.17, 15) is 9.18 Å². The Balaban J connectivity index is 1.88. The summed E-state index contributed by atoms with van der Waals surface area (Å²) in [7, 11) is -2.75. The molecule has 2 nitrogen and oxygen atoms in total. The Labute approximate surface area is 227 Å². The van der Waals surface area contributed by atoms with Crippen molar-refractivity contribution in [3.8, 4) is 0 Å². The van der Waals surface area contributed by atoms with Gasteiger partial charge >= 0.3 is 0 Å². The lowest BCUT2D eigenvalue weighted by molar-refractivity contribution is 0.0969. The minimum Gasteiger partial charge on any atom is -0.291 e. The maximum Gasteiger partial charge on any atom is 0.258 e. The van der Waals surface area contributed by atoms with E-state index in [1.807, 2.05) is 72.8 Å². The van der Waals surface area contributed by atoms with Gasteiger partial charge in [-0.25, -0.2) is 4.39 Å². The molecule has 0 bridgehead atoms. The molecule has 0 spiro atoms. The van der Waals surface area contributed by atoms with E-state index in [0.29, 0.717) is 21.6 Å². The smallest absolute Gasteiger partial charge is 0.258 e. The summed E-state index contributed by atoms with van der Waals surface area (Å²) in [4.78, 5) is 13.7. The van der Waals surface area contributed by atoms with Gasteiger partial charge in [0.1, 0.15) is 26.8 Å². The lowest BCUT2D eigenvalue weighted by Crippen LogP contribution is -2.38. The molecule has 5 heteroatoms. The quantitative estimate of drug-likeness (QED) is 0.221. The van der Waals surface area contributed by atoms with Crippen LogP contribution in [0.4, 0.5) is 4.39 Å². The van der Waals surface area contributed by atoms with Gasteiger partial charge in [-0.05, 0) is 66.2 Å². The van der Waals surface area contributed by atoms with Crippen molar-refractivity contribution in [1.29, 1.82) is 0 Å². The normalized spacial score (nSPS) is 11.9. The monoisotopic (exact) mass is 536 g/mol. The van der Waals surface area contributed by atoms with Crippen LogP contribution in [0.15, 0.2) is 151 Å². The highest BCUT2D eigenvalue weighted by molar-refractivity contribution is 7.99. The van der Waals surface area contributed by atoms with Gasteiger partial charge in [-0.15, -0.1) is 0 Å². The molecule has 5 aromatic rings. The van der Waals surface area contributed by atoms with Crippen LogP contribution in [0.3, 0.4) is 0 Å². The lowest BCUT2D eigenvalue weighted by Gasteiger charge is -2.30. The molecule has 0 aromatic heterocycles. The Hall–Kier alpha value is -4.04. The molecule has 0 atom stereocenters. The molecule has 0 heterocycles. The number of rotatable bonds is 7. The van der Waals surface area contributed by atoms with Gasteiger partial charge in [-0.2, -0.15) is 0 Å². The fourth-order valence-corrected chi connectivity index (χ4v) is 9.35. The molecule has 38 heavy (non-hydrogen) atoms. The molecule has 1 N–H and O–H groups in total. The topological polar surface area (TPSA) is 29.1 Å². The van der Waals surface area contributed by atoms with Crippen molar-refractivity contribution < 1.29 is 9.18 Å². The summed E-state index contributed by atoms with van der Waals surface area (Å²) in [5, 5.41) is 6.69. The first-order valence-electron chi connectivity index (χ1n) is 12.2. The molecule has 0 saturated heterocycles. The van der Waals surface area contributed by atoms with Gasteiger partial charge in [-0.1, -0.05) is 96.5 Å². The Morgan fingerprint density at radius 1 is 0.553 bits per heavy atom. The number of halogens is 2. The van der Waals surface area contributed by atoms with Gasteiger partial charge < -0.3 is 0 Å². The molecule has 5 aromatic carbocycles. The zero-order valence-corrected chi connectivity index (χ0v) is 22.1. The van der Waals surface area contributed by atoms with E-state index in [2.05, 4.69) is 41.7 Å². The van der Waals surface area contributed by atoms with E-state index in [0.717, 1.165) is 15.9 Å². The first kappa shape index (κ1) is 25.6. The molecule has 0 aliphatic rings. The predicted molar refractivity (Wildman–Crippen MR) is 158 cm³/mol. The molecule has 5 rings (SSSR count). The van der Waals surface area contributed by atoms with Crippen LogP contribution in [-0.2, 0) is 0 Å². The number of hydrogen-bond donors (Lipinski definition) is 1. The fraction of sp³-hybridized carbons (Fsp3) is 0. The van der Waals surface area contributed by atoms with Gasteiger partial charge in [0.2, 0.25) is 0 Å². The molecule has 0 fully saturated rings. The van der Waals surface area contributed by atoms with E-state index in [1.54, 1.807) is 24.3 Å². The third-order valence-electron chi connectivity index (χ3n) is 6.34. The second-order valence-corrected chi connectivity index (χ2v) is 12.4. The average Bonchev–Trinajstić information content (AvgIpc) is 2.99. The summed E-state index contributed by atoms with van der Waals surface area (Å²) in [6.07, 6.45) is 0. The summed E-state index contributed by atoms with van der Waals surface area (Å²) < 4.78 is 13.9. The van der Waals surface area contributed by atoms with Crippen LogP contribution in [0.1, 0.15) is 15.9 Å². The Morgan fingerprint density at radius 2 is 0.947 bits per heavy atom. The van der Waals surface area contributed by atoms with Crippen molar-refractivity contribution in [2.24, 2.45) is 0 Å². The van der Waals surface area contributed by atoms with Gasteiger partial charge in [-0.3, -0.25) is 10.1 Å². The summed E-state index contributed by atoms with van der Waals surface area (Å²) in [5.41, 5.74) is 1.72. The zero-order chi connectivity index (χ0) is 26.4. The highest BCUT2D eigenvalue weighted by atomic mass is 35.5. The van der Waals surface area contributed by atoms with Crippen molar-refractivity contribution >= 4 is 45.7 Å². The maximum atomic E-state index is 13.9. The van der Waals surface area contributed by atoms with E-state index in [1.165, 1.54) is 12.1 Å². The summed E-state index contributed by atoms with van der Waals surface area (Å²) in [6.45, 7) is 0. The number of carbonyl (C=O) groups excluding carboxylic acids is 1. The van der Waals surface area contributed by atoms with Crippen molar-refractivity contribution in [2.75, 3.05) is 0 Å². The first-order valence-corrected chi connectivity index (χ1v) is 14.4. The van der Waals surface area contributed by atoms with Crippen LogP contribution in [0, 0.1) is 5.82 Å². The Bertz CT molecular complexity index is 1440. The predicted octanol–water partition coefficient (Wildman–Crippen LogP) is 7.11. The fourth-order valence-electron chi connectivity index (χ4n) is 4.58. The maximum absolute atomic E-state index is 13.9. The van der Waals surface area contributed by atoms with Gasteiger partial charge in [0.05, 0.1) is 0 Å². The molecule has 0 radical (unpaired) electrons. The van der Waals surface area contributed by atoms with Crippen LogP contribution in [-0.4, -0.2) is 5.91 Å². The number of carbonyl (C=O) groups is 1. The van der Waals surface area contributed by atoms with Crippen molar-refractivity contribution in [2.45, 2.75) is 0 Å². The number of hydrogen-bond acceptors (Lipinski definition) is 1.